The zero-order chi connectivity index (χ0) is 13.8. The van der Waals surface area contributed by atoms with Gasteiger partial charge in [0.1, 0.15) is 0 Å². The molecule has 0 atom stereocenters. The van der Waals surface area contributed by atoms with Crippen molar-refractivity contribution in [2.45, 2.75) is 44.2 Å². The first kappa shape index (κ1) is 14.5. The molecule has 0 aliphatic heterocycles. The molecule has 1 fully saturated rings. The molecular weight excluding hydrogens is 304 g/mol. The van der Waals surface area contributed by atoms with Gasteiger partial charge in [0.2, 0.25) is 5.91 Å². The Morgan fingerprint density at radius 3 is 2.42 bits per heavy atom. The second-order valence-corrected chi connectivity index (χ2v) is 6.29. The Kier molecular flexibility index (Phi) is 4.99. The van der Waals surface area contributed by atoms with Crippen LogP contribution in [0.15, 0.2) is 28.7 Å². The highest BCUT2D eigenvalue weighted by atomic mass is 79.9. The molecule has 1 aromatic rings. The van der Waals surface area contributed by atoms with Crippen LogP contribution in [0.5, 0.6) is 0 Å². The van der Waals surface area contributed by atoms with Crippen LogP contribution in [-0.2, 0) is 11.2 Å². The zero-order valence-electron chi connectivity index (χ0n) is 11.3. The van der Waals surface area contributed by atoms with Crippen LogP contribution >= 0.6 is 15.9 Å². The second kappa shape index (κ2) is 6.53. The van der Waals surface area contributed by atoms with Gasteiger partial charge in [0.15, 0.2) is 0 Å². The van der Waals surface area contributed by atoms with E-state index in [9.17, 15) is 4.79 Å². The van der Waals surface area contributed by atoms with E-state index in [1.165, 1.54) is 0 Å². The molecule has 0 spiro atoms. The van der Waals surface area contributed by atoms with E-state index in [1.54, 1.807) is 0 Å². The molecular formula is C15H21BrN2O. The number of benzene rings is 1. The minimum absolute atomic E-state index is 0.197. The molecule has 0 bridgehead atoms. The van der Waals surface area contributed by atoms with Gasteiger partial charge in [0.25, 0.3) is 0 Å². The zero-order valence-corrected chi connectivity index (χ0v) is 12.9. The summed E-state index contributed by atoms with van der Waals surface area (Å²) in [7, 11) is 1.92. The second-order valence-electron chi connectivity index (χ2n) is 5.38. The van der Waals surface area contributed by atoms with Crippen molar-refractivity contribution < 1.29 is 4.79 Å². The number of carbonyl (C=O) groups is 1. The maximum atomic E-state index is 12.3. The van der Waals surface area contributed by atoms with Crippen molar-refractivity contribution in [3.63, 3.8) is 0 Å². The summed E-state index contributed by atoms with van der Waals surface area (Å²) in [6.07, 6.45) is 4.60. The summed E-state index contributed by atoms with van der Waals surface area (Å²) in [5, 5.41) is 0. The first-order valence-corrected chi connectivity index (χ1v) is 7.61. The molecule has 0 aromatic heterocycles. The lowest BCUT2D eigenvalue weighted by atomic mass is 9.91. The Balaban J connectivity index is 1.90. The van der Waals surface area contributed by atoms with Crippen LogP contribution in [-0.4, -0.2) is 29.9 Å². The van der Waals surface area contributed by atoms with E-state index < -0.39 is 0 Å². The molecule has 104 valence electrons. The summed E-state index contributed by atoms with van der Waals surface area (Å²) in [6.45, 7) is 0. The van der Waals surface area contributed by atoms with Crippen molar-refractivity contribution in [3.8, 4) is 0 Å². The Labute approximate surface area is 123 Å². The van der Waals surface area contributed by atoms with Crippen molar-refractivity contribution in [1.29, 1.82) is 0 Å². The largest absolute Gasteiger partial charge is 0.342 e. The first-order valence-electron chi connectivity index (χ1n) is 6.82. The fourth-order valence-corrected chi connectivity index (χ4v) is 2.86. The standard InChI is InChI=1S/C15H21BrN2O/c1-18(14-8-6-13(17)7-9-14)15(19)10-11-2-4-12(16)5-3-11/h2-5,13-14H,6-10,17H2,1H3. The van der Waals surface area contributed by atoms with Gasteiger partial charge in [0, 0.05) is 23.6 Å². The topological polar surface area (TPSA) is 46.3 Å². The molecule has 2 N–H and O–H groups in total. The molecule has 1 aliphatic rings. The number of carbonyl (C=O) groups excluding carboxylic acids is 1. The van der Waals surface area contributed by atoms with Crippen LogP contribution in [0, 0.1) is 0 Å². The van der Waals surface area contributed by atoms with Crippen molar-refractivity contribution in [3.05, 3.63) is 34.3 Å². The minimum Gasteiger partial charge on any atom is -0.342 e. The molecule has 1 amide bonds. The number of rotatable bonds is 3. The fraction of sp³-hybridized carbons (Fsp3) is 0.533. The Hall–Kier alpha value is -0.870. The van der Waals surface area contributed by atoms with E-state index in [2.05, 4.69) is 15.9 Å². The molecule has 4 heteroatoms. The average Bonchev–Trinajstić information content (AvgIpc) is 2.41. The molecule has 0 radical (unpaired) electrons. The minimum atomic E-state index is 0.197. The van der Waals surface area contributed by atoms with Gasteiger partial charge in [-0.1, -0.05) is 28.1 Å². The average molecular weight is 325 g/mol. The third-order valence-corrected chi connectivity index (χ3v) is 4.48. The van der Waals surface area contributed by atoms with Gasteiger partial charge >= 0.3 is 0 Å². The van der Waals surface area contributed by atoms with Crippen LogP contribution in [0.3, 0.4) is 0 Å². The summed E-state index contributed by atoms with van der Waals surface area (Å²) in [6, 6.07) is 8.62. The lowest BCUT2D eigenvalue weighted by Gasteiger charge is -2.33. The monoisotopic (exact) mass is 324 g/mol. The number of hydrogen-bond acceptors (Lipinski definition) is 2. The predicted octanol–water partition coefficient (Wildman–Crippen LogP) is 2.72. The number of likely N-dealkylation sites (N-methyl/N-ethyl adjacent to an activating group) is 1. The van der Waals surface area contributed by atoms with E-state index >= 15 is 0 Å². The van der Waals surface area contributed by atoms with Gasteiger partial charge in [0.05, 0.1) is 6.42 Å². The quantitative estimate of drug-likeness (QED) is 0.929. The van der Waals surface area contributed by atoms with Crippen molar-refractivity contribution >= 4 is 21.8 Å². The third kappa shape index (κ3) is 4.05. The molecule has 1 aromatic carbocycles. The summed E-state index contributed by atoms with van der Waals surface area (Å²) in [4.78, 5) is 14.2. The van der Waals surface area contributed by atoms with Gasteiger partial charge in [-0.2, -0.15) is 0 Å². The Morgan fingerprint density at radius 2 is 1.84 bits per heavy atom. The third-order valence-electron chi connectivity index (χ3n) is 3.95. The van der Waals surface area contributed by atoms with E-state index in [4.69, 9.17) is 5.73 Å². The summed E-state index contributed by atoms with van der Waals surface area (Å²) < 4.78 is 1.04. The van der Waals surface area contributed by atoms with E-state index in [0.717, 1.165) is 35.7 Å². The first-order chi connectivity index (χ1) is 9.06. The summed E-state index contributed by atoms with van der Waals surface area (Å²) >= 11 is 3.40. The molecule has 1 aliphatic carbocycles. The lowest BCUT2D eigenvalue weighted by Crippen LogP contribution is -2.42. The van der Waals surface area contributed by atoms with Crippen molar-refractivity contribution in [1.82, 2.24) is 4.90 Å². The molecule has 0 unspecified atom stereocenters. The van der Waals surface area contributed by atoms with Crippen LogP contribution in [0.1, 0.15) is 31.2 Å². The SMILES string of the molecule is CN(C(=O)Cc1ccc(Br)cc1)C1CCC(N)CC1. The lowest BCUT2D eigenvalue weighted by molar-refractivity contribution is -0.131. The number of nitrogens with two attached hydrogens (primary N) is 1. The highest BCUT2D eigenvalue weighted by Gasteiger charge is 2.24. The molecule has 2 rings (SSSR count). The number of hydrogen-bond donors (Lipinski definition) is 1. The molecule has 0 saturated heterocycles. The summed E-state index contributed by atoms with van der Waals surface area (Å²) in [5.74, 6) is 0.197. The van der Waals surface area contributed by atoms with Crippen molar-refractivity contribution in [2.75, 3.05) is 7.05 Å². The Morgan fingerprint density at radius 1 is 1.26 bits per heavy atom. The van der Waals surface area contributed by atoms with E-state index in [1.807, 2.05) is 36.2 Å². The molecule has 3 nitrogen and oxygen atoms in total. The number of amides is 1. The highest BCUT2D eigenvalue weighted by Crippen LogP contribution is 2.22. The van der Waals surface area contributed by atoms with Crippen molar-refractivity contribution in [2.24, 2.45) is 5.73 Å². The number of nitrogens with zero attached hydrogens (tertiary/aromatic N) is 1. The van der Waals surface area contributed by atoms with Gasteiger partial charge in [-0.05, 0) is 43.4 Å². The van der Waals surface area contributed by atoms with Gasteiger partial charge in [-0.15, -0.1) is 0 Å². The molecule has 1 saturated carbocycles. The normalized spacial score (nSPS) is 23.1. The molecule has 19 heavy (non-hydrogen) atoms. The predicted molar refractivity (Wildman–Crippen MR) is 80.8 cm³/mol. The fourth-order valence-electron chi connectivity index (χ4n) is 2.59. The Bertz CT molecular complexity index is 424. The molecule has 0 heterocycles. The maximum absolute atomic E-state index is 12.3. The van der Waals surface area contributed by atoms with Gasteiger partial charge < -0.3 is 10.6 Å². The maximum Gasteiger partial charge on any atom is 0.226 e. The van der Waals surface area contributed by atoms with Gasteiger partial charge in [-0.3, -0.25) is 4.79 Å². The van der Waals surface area contributed by atoms with E-state index in [0.29, 0.717) is 18.5 Å². The number of halogens is 1. The smallest absolute Gasteiger partial charge is 0.226 e. The van der Waals surface area contributed by atoms with Crippen LogP contribution in [0.2, 0.25) is 0 Å². The van der Waals surface area contributed by atoms with Crippen LogP contribution < -0.4 is 5.73 Å². The van der Waals surface area contributed by atoms with E-state index in [-0.39, 0.29) is 5.91 Å². The highest BCUT2D eigenvalue weighted by molar-refractivity contribution is 9.10. The summed E-state index contributed by atoms with van der Waals surface area (Å²) in [5.41, 5.74) is 6.97. The van der Waals surface area contributed by atoms with Crippen LogP contribution in [0.4, 0.5) is 0 Å². The van der Waals surface area contributed by atoms with Crippen LogP contribution in [0.25, 0.3) is 0 Å². The van der Waals surface area contributed by atoms with Gasteiger partial charge in [-0.25, -0.2) is 0 Å².